The van der Waals surface area contributed by atoms with Crippen molar-refractivity contribution in [2.45, 2.75) is 44.7 Å². The Balaban J connectivity index is 2.20. The highest BCUT2D eigenvalue weighted by atomic mass is 16.6. The van der Waals surface area contributed by atoms with Gasteiger partial charge in [0, 0.05) is 24.7 Å². The molecular weight excluding hydrogens is 258 g/mol. The SMILES string of the molecule is CC(=O)NC1(Nc2cccc([N+](=O)[O-])c2)CCCCC1. The van der Waals surface area contributed by atoms with Crippen LogP contribution in [-0.4, -0.2) is 16.5 Å². The lowest BCUT2D eigenvalue weighted by atomic mass is 9.88. The summed E-state index contributed by atoms with van der Waals surface area (Å²) in [4.78, 5) is 21.8. The van der Waals surface area contributed by atoms with Gasteiger partial charge < -0.3 is 10.6 Å². The monoisotopic (exact) mass is 277 g/mol. The van der Waals surface area contributed by atoms with E-state index in [-0.39, 0.29) is 11.6 Å². The summed E-state index contributed by atoms with van der Waals surface area (Å²) in [5.74, 6) is -0.0927. The van der Waals surface area contributed by atoms with Crippen LogP contribution in [0.3, 0.4) is 0 Å². The van der Waals surface area contributed by atoms with Gasteiger partial charge in [-0.1, -0.05) is 12.5 Å². The minimum absolute atomic E-state index is 0.0452. The van der Waals surface area contributed by atoms with Gasteiger partial charge in [-0.25, -0.2) is 0 Å². The molecule has 0 atom stereocenters. The van der Waals surface area contributed by atoms with Crippen LogP contribution >= 0.6 is 0 Å². The topological polar surface area (TPSA) is 84.3 Å². The van der Waals surface area contributed by atoms with Crippen molar-refractivity contribution >= 4 is 17.3 Å². The van der Waals surface area contributed by atoms with Gasteiger partial charge in [-0.15, -0.1) is 0 Å². The lowest BCUT2D eigenvalue weighted by molar-refractivity contribution is -0.384. The summed E-state index contributed by atoms with van der Waals surface area (Å²) in [5.41, 5.74) is 0.220. The number of anilines is 1. The molecular formula is C14H19N3O3. The van der Waals surface area contributed by atoms with Crippen LogP contribution in [0.5, 0.6) is 0 Å². The van der Waals surface area contributed by atoms with Crippen LogP contribution in [-0.2, 0) is 4.79 Å². The number of nitrogens with one attached hydrogen (secondary N) is 2. The number of benzene rings is 1. The van der Waals surface area contributed by atoms with Gasteiger partial charge in [-0.3, -0.25) is 14.9 Å². The van der Waals surface area contributed by atoms with Gasteiger partial charge in [0.2, 0.25) is 5.91 Å². The third-order valence-electron chi connectivity index (χ3n) is 3.56. The van der Waals surface area contributed by atoms with Crippen molar-refractivity contribution in [1.29, 1.82) is 0 Å². The van der Waals surface area contributed by atoms with Gasteiger partial charge in [0.1, 0.15) is 5.66 Å². The van der Waals surface area contributed by atoms with E-state index in [1.807, 2.05) is 0 Å². The van der Waals surface area contributed by atoms with Crippen molar-refractivity contribution in [1.82, 2.24) is 5.32 Å². The van der Waals surface area contributed by atoms with Gasteiger partial charge in [0.05, 0.1) is 4.92 Å². The molecule has 1 saturated carbocycles. The van der Waals surface area contributed by atoms with Gasteiger partial charge in [0.15, 0.2) is 0 Å². The second kappa shape index (κ2) is 5.90. The maximum Gasteiger partial charge on any atom is 0.271 e. The number of nitro benzene ring substituents is 1. The predicted octanol–water partition coefficient (Wildman–Crippen LogP) is 2.80. The number of nitro groups is 1. The molecule has 0 aliphatic heterocycles. The first kappa shape index (κ1) is 14.3. The first-order valence-electron chi connectivity index (χ1n) is 6.82. The van der Waals surface area contributed by atoms with Gasteiger partial charge in [0.25, 0.3) is 5.69 Å². The normalized spacial score (nSPS) is 17.2. The first-order valence-corrected chi connectivity index (χ1v) is 6.82. The molecule has 1 amide bonds. The van der Waals surface area contributed by atoms with Crippen molar-refractivity contribution < 1.29 is 9.72 Å². The number of hydrogen-bond donors (Lipinski definition) is 2. The van der Waals surface area contributed by atoms with E-state index in [0.29, 0.717) is 5.69 Å². The lowest BCUT2D eigenvalue weighted by Crippen LogP contribution is -2.54. The molecule has 1 aromatic carbocycles. The summed E-state index contributed by atoms with van der Waals surface area (Å²) < 4.78 is 0. The van der Waals surface area contributed by atoms with E-state index < -0.39 is 10.6 Å². The number of non-ortho nitro benzene ring substituents is 1. The van der Waals surface area contributed by atoms with Crippen molar-refractivity contribution in [3.63, 3.8) is 0 Å². The van der Waals surface area contributed by atoms with Crippen LogP contribution in [0, 0.1) is 10.1 Å². The van der Waals surface area contributed by atoms with Crippen LogP contribution in [0.25, 0.3) is 0 Å². The Bertz CT molecular complexity index is 510. The quantitative estimate of drug-likeness (QED) is 0.503. The number of amides is 1. The van der Waals surface area contributed by atoms with Crippen LogP contribution in [0.15, 0.2) is 24.3 Å². The second-order valence-electron chi connectivity index (χ2n) is 5.26. The molecule has 0 spiro atoms. The zero-order valence-electron chi connectivity index (χ0n) is 11.5. The van der Waals surface area contributed by atoms with Gasteiger partial charge >= 0.3 is 0 Å². The highest BCUT2D eigenvalue weighted by molar-refractivity contribution is 5.74. The smallest absolute Gasteiger partial charge is 0.271 e. The molecule has 0 heterocycles. The number of hydrogen-bond acceptors (Lipinski definition) is 4. The third kappa shape index (κ3) is 3.46. The zero-order chi connectivity index (χ0) is 14.6. The molecule has 0 aromatic heterocycles. The van der Waals surface area contributed by atoms with E-state index >= 15 is 0 Å². The molecule has 1 aliphatic rings. The average Bonchev–Trinajstić information content (AvgIpc) is 2.38. The molecule has 1 aromatic rings. The van der Waals surface area contributed by atoms with E-state index in [9.17, 15) is 14.9 Å². The summed E-state index contributed by atoms with van der Waals surface area (Å²) >= 11 is 0. The number of rotatable bonds is 4. The van der Waals surface area contributed by atoms with E-state index in [2.05, 4.69) is 10.6 Å². The van der Waals surface area contributed by atoms with Crippen molar-refractivity contribution in [3.05, 3.63) is 34.4 Å². The molecule has 20 heavy (non-hydrogen) atoms. The molecule has 2 rings (SSSR count). The first-order chi connectivity index (χ1) is 9.51. The van der Waals surface area contributed by atoms with Gasteiger partial charge in [-0.05, 0) is 31.7 Å². The maximum atomic E-state index is 11.4. The Labute approximate surface area is 117 Å². The van der Waals surface area contributed by atoms with Crippen LogP contribution < -0.4 is 10.6 Å². The Hall–Kier alpha value is -2.11. The van der Waals surface area contributed by atoms with Crippen LogP contribution in [0.2, 0.25) is 0 Å². The third-order valence-corrected chi connectivity index (χ3v) is 3.56. The van der Waals surface area contributed by atoms with Crippen molar-refractivity contribution in [3.8, 4) is 0 Å². The van der Waals surface area contributed by atoms with E-state index in [0.717, 1.165) is 32.1 Å². The minimum Gasteiger partial charge on any atom is -0.363 e. The zero-order valence-corrected chi connectivity index (χ0v) is 11.5. The van der Waals surface area contributed by atoms with E-state index in [4.69, 9.17) is 0 Å². The van der Waals surface area contributed by atoms with E-state index in [1.54, 1.807) is 12.1 Å². The summed E-state index contributed by atoms with van der Waals surface area (Å²) in [6.45, 7) is 1.49. The summed E-state index contributed by atoms with van der Waals surface area (Å²) in [7, 11) is 0. The largest absolute Gasteiger partial charge is 0.363 e. The molecule has 0 radical (unpaired) electrons. The fourth-order valence-corrected chi connectivity index (χ4v) is 2.75. The molecule has 6 heteroatoms. The predicted molar refractivity (Wildman–Crippen MR) is 76.4 cm³/mol. The maximum absolute atomic E-state index is 11.4. The molecule has 6 nitrogen and oxygen atoms in total. The highest BCUT2D eigenvalue weighted by Crippen LogP contribution is 2.30. The van der Waals surface area contributed by atoms with Crippen LogP contribution in [0.4, 0.5) is 11.4 Å². The Morgan fingerprint density at radius 1 is 1.30 bits per heavy atom. The Kier molecular flexibility index (Phi) is 4.22. The molecule has 0 saturated heterocycles. The summed E-state index contributed by atoms with van der Waals surface area (Å²) in [5, 5.41) is 17.1. The standard InChI is InChI=1S/C14H19N3O3/c1-11(18)15-14(8-3-2-4-9-14)16-12-6-5-7-13(10-12)17(19)20/h5-7,10,16H,2-4,8-9H2,1H3,(H,15,18). The fourth-order valence-electron chi connectivity index (χ4n) is 2.75. The molecule has 2 N–H and O–H groups in total. The number of carbonyl (C=O) groups excluding carboxylic acids is 1. The second-order valence-corrected chi connectivity index (χ2v) is 5.26. The number of carbonyl (C=O) groups is 1. The van der Waals surface area contributed by atoms with Crippen molar-refractivity contribution in [2.75, 3.05) is 5.32 Å². The summed E-state index contributed by atoms with van der Waals surface area (Å²) in [6.07, 6.45) is 4.87. The average molecular weight is 277 g/mol. The molecule has 1 fully saturated rings. The lowest BCUT2D eigenvalue weighted by Gasteiger charge is -2.39. The highest BCUT2D eigenvalue weighted by Gasteiger charge is 2.32. The minimum atomic E-state index is -0.487. The molecule has 1 aliphatic carbocycles. The molecule has 0 bridgehead atoms. The Morgan fingerprint density at radius 3 is 2.60 bits per heavy atom. The van der Waals surface area contributed by atoms with Crippen LogP contribution in [0.1, 0.15) is 39.0 Å². The summed E-state index contributed by atoms with van der Waals surface area (Å²) in [6, 6.07) is 6.38. The van der Waals surface area contributed by atoms with Gasteiger partial charge in [-0.2, -0.15) is 0 Å². The fraction of sp³-hybridized carbons (Fsp3) is 0.500. The Morgan fingerprint density at radius 2 is 2.00 bits per heavy atom. The molecule has 0 unspecified atom stereocenters. The van der Waals surface area contributed by atoms with Crippen molar-refractivity contribution in [2.24, 2.45) is 0 Å². The number of nitrogens with zero attached hydrogens (tertiary/aromatic N) is 1. The van der Waals surface area contributed by atoms with E-state index in [1.165, 1.54) is 19.1 Å². The molecule has 108 valence electrons.